The SMILES string of the molecule is CN(C(=O)O[C@@H]1CN(c2ccc(Br)c(F)c2)C(=O)O1)C(C)(C)C. The molecule has 1 aromatic carbocycles. The average Bonchev–Trinajstić information content (AvgIpc) is 2.80. The summed E-state index contributed by atoms with van der Waals surface area (Å²) < 4.78 is 24.1. The van der Waals surface area contributed by atoms with Crippen LogP contribution in [0.2, 0.25) is 0 Å². The summed E-state index contributed by atoms with van der Waals surface area (Å²) in [5.74, 6) is -0.497. The van der Waals surface area contributed by atoms with Crippen molar-refractivity contribution in [2.24, 2.45) is 0 Å². The minimum Gasteiger partial charge on any atom is -0.407 e. The summed E-state index contributed by atoms with van der Waals surface area (Å²) in [4.78, 5) is 26.5. The van der Waals surface area contributed by atoms with E-state index in [2.05, 4.69) is 15.9 Å². The number of carbonyl (C=O) groups is 2. The molecular formula is C15H18BrFN2O4. The largest absolute Gasteiger partial charge is 0.417 e. The lowest BCUT2D eigenvalue weighted by molar-refractivity contribution is -0.0474. The molecule has 0 unspecified atom stereocenters. The Morgan fingerprint density at radius 2 is 2.13 bits per heavy atom. The highest BCUT2D eigenvalue weighted by atomic mass is 79.9. The van der Waals surface area contributed by atoms with Crippen LogP contribution in [0.1, 0.15) is 20.8 Å². The fraction of sp³-hybridized carbons (Fsp3) is 0.467. The van der Waals surface area contributed by atoms with Crippen LogP contribution in [0, 0.1) is 5.82 Å². The molecule has 8 heteroatoms. The number of halogens is 2. The van der Waals surface area contributed by atoms with Gasteiger partial charge in [-0.1, -0.05) is 0 Å². The summed E-state index contributed by atoms with van der Waals surface area (Å²) in [6.45, 7) is 5.56. The molecule has 1 heterocycles. The molecule has 1 fully saturated rings. The summed E-state index contributed by atoms with van der Waals surface area (Å²) in [5, 5.41) is 0. The molecular weight excluding hydrogens is 371 g/mol. The summed E-state index contributed by atoms with van der Waals surface area (Å²) in [7, 11) is 1.60. The van der Waals surface area contributed by atoms with Crippen LogP contribution >= 0.6 is 15.9 Å². The molecule has 0 bridgehead atoms. The number of amides is 2. The van der Waals surface area contributed by atoms with Gasteiger partial charge in [0.25, 0.3) is 6.29 Å². The molecule has 2 amide bonds. The van der Waals surface area contributed by atoms with Gasteiger partial charge in [-0.05, 0) is 54.9 Å². The van der Waals surface area contributed by atoms with Gasteiger partial charge >= 0.3 is 12.2 Å². The third-order valence-electron chi connectivity index (χ3n) is 3.51. The van der Waals surface area contributed by atoms with Crippen molar-refractivity contribution < 1.29 is 23.5 Å². The zero-order valence-electron chi connectivity index (χ0n) is 13.3. The maximum absolute atomic E-state index is 13.6. The molecule has 1 saturated heterocycles. The van der Waals surface area contributed by atoms with Gasteiger partial charge in [0.15, 0.2) is 0 Å². The van der Waals surface area contributed by atoms with Crippen LogP contribution in [0.25, 0.3) is 0 Å². The van der Waals surface area contributed by atoms with E-state index in [0.29, 0.717) is 10.2 Å². The van der Waals surface area contributed by atoms with E-state index in [4.69, 9.17) is 9.47 Å². The first-order valence-corrected chi connectivity index (χ1v) is 7.76. The lowest BCUT2D eigenvalue weighted by Gasteiger charge is -2.31. The molecule has 1 atom stereocenters. The van der Waals surface area contributed by atoms with Crippen LogP contribution < -0.4 is 4.90 Å². The number of nitrogens with zero attached hydrogens (tertiary/aromatic N) is 2. The van der Waals surface area contributed by atoms with Crippen LogP contribution in [0.4, 0.5) is 19.7 Å². The molecule has 0 N–H and O–H groups in total. The number of anilines is 1. The standard InChI is InChI=1S/C15H18BrFN2O4/c1-15(2,3)18(4)13(20)22-12-8-19(14(21)23-12)9-5-6-10(16)11(17)7-9/h5-7,12H,8H2,1-4H3/t12-/m0/s1. The normalized spacial score (nSPS) is 17.9. The fourth-order valence-electron chi connectivity index (χ4n) is 1.83. The van der Waals surface area contributed by atoms with E-state index in [1.54, 1.807) is 13.1 Å². The molecule has 0 aliphatic carbocycles. The Hall–Kier alpha value is -1.83. The molecule has 1 aliphatic heterocycles. The number of carbonyl (C=O) groups excluding carboxylic acids is 2. The quantitative estimate of drug-likeness (QED) is 0.774. The second kappa shape index (κ2) is 6.35. The Morgan fingerprint density at radius 1 is 1.48 bits per heavy atom. The highest BCUT2D eigenvalue weighted by Gasteiger charge is 2.36. The first-order chi connectivity index (χ1) is 10.6. The first kappa shape index (κ1) is 17.5. The topological polar surface area (TPSA) is 59.1 Å². The first-order valence-electron chi connectivity index (χ1n) is 6.97. The van der Waals surface area contributed by atoms with Crippen molar-refractivity contribution in [3.63, 3.8) is 0 Å². The van der Waals surface area contributed by atoms with Gasteiger partial charge in [-0.25, -0.2) is 14.0 Å². The molecule has 0 radical (unpaired) electrons. The summed E-state index contributed by atoms with van der Waals surface area (Å²) >= 11 is 3.05. The predicted octanol–water partition coefficient (Wildman–Crippen LogP) is 3.74. The van der Waals surface area contributed by atoms with E-state index in [1.165, 1.54) is 21.9 Å². The predicted molar refractivity (Wildman–Crippen MR) is 85.7 cm³/mol. The maximum atomic E-state index is 13.6. The van der Waals surface area contributed by atoms with E-state index < -0.39 is 29.8 Å². The van der Waals surface area contributed by atoms with Crippen LogP contribution in [0.15, 0.2) is 22.7 Å². The molecule has 126 valence electrons. The van der Waals surface area contributed by atoms with Crippen LogP contribution in [0.3, 0.4) is 0 Å². The van der Waals surface area contributed by atoms with Crippen molar-refractivity contribution in [1.82, 2.24) is 4.90 Å². The van der Waals surface area contributed by atoms with Gasteiger partial charge < -0.3 is 14.4 Å². The van der Waals surface area contributed by atoms with E-state index in [0.717, 1.165) is 0 Å². The van der Waals surface area contributed by atoms with Gasteiger partial charge in [0, 0.05) is 12.6 Å². The van der Waals surface area contributed by atoms with Crippen molar-refractivity contribution in [3.05, 3.63) is 28.5 Å². The second-order valence-corrected chi connectivity index (χ2v) is 6.99. The van der Waals surface area contributed by atoms with Crippen molar-refractivity contribution in [1.29, 1.82) is 0 Å². The Morgan fingerprint density at radius 3 is 2.70 bits per heavy atom. The van der Waals surface area contributed by atoms with Crippen LogP contribution in [0.5, 0.6) is 0 Å². The fourth-order valence-corrected chi connectivity index (χ4v) is 2.07. The third-order valence-corrected chi connectivity index (χ3v) is 4.15. The Kier molecular flexibility index (Phi) is 4.84. The van der Waals surface area contributed by atoms with Gasteiger partial charge in [0.1, 0.15) is 12.4 Å². The van der Waals surface area contributed by atoms with Crippen LogP contribution in [-0.4, -0.2) is 42.5 Å². The highest BCUT2D eigenvalue weighted by molar-refractivity contribution is 9.10. The molecule has 0 spiro atoms. The summed E-state index contributed by atoms with van der Waals surface area (Å²) in [5.41, 5.74) is -0.0905. The number of benzene rings is 1. The van der Waals surface area contributed by atoms with Gasteiger partial charge in [0.05, 0.1) is 10.2 Å². The van der Waals surface area contributed by atoms with Crippen molar-refractivity contribution >= 4 is 33.8 Å². The van der Waals surface area contributed by atoms with Gasteiger partial charge in [-0.3, -0.25) is 4.90 Å². The lowest BCUT2D eigenvalue weighted by Crippen LogP contribution is -2.44. The second-order valence-electron chi connectivity index (χ2n) is 6.14. The lowest BCUT2D eigenvalue weighted by atomic mass is 10.1. The maximum Gasteiger partial charge on any atom is 0.417 e. The number of hydrogen-bond donors (Lipinski definition) is 0. The van der Waals surface area contributed by atoms with E-state index in [1.807, 2.05) is 20.8 Å². The number of cyclic esters (lactones) is 1. The van der Waals surface area contributed by atoms with Gasteiger partial charge in [-0.2, -0.15) is 0 Å². The summed E-state index contributed by atoms with van der Waals surface area (Å²) in [6.07, 6.45) is -2.33. The van der Waals surface area contributed by atoms with E-state index >= 15 is 0 Å². The Labute approximate surface area is 142 Å². The number of rotatable bonds is 2. The zero-order valence-corrected chi connectivity index (χ0v) is 14.9. The minimum atomic E-state index is -1.04. The minimum absolute atomic E-state index is 0.00360. The number of hydrogen-bond acceptors (Lipinski definition) is 4. The van der Waals surface area contributed by atoms with Crippen molar-refractivity contribution in [3.8, 4) is 0 Å². The van der Waals surface area contributed by atoms with E-state index in [9.17, 15) is 14.0 Å². The van der Waals surface area contributed by atoms with Gasteiger partial charge in [-0.15, -0.1) is 0 Å². The molecule has 2 rings (SSSR count). The monoisotopic (exact) mass is 388 g/mol. The molecule has 0 aromatic heterocycles. The molecule has 1 aromatic rings. The van der Waals surface area contributed by atoms with Crippen molar-refractivity contribution in [2.45, 2.75) is 32.6 Å². The summed E-state index contributed by atoms with van der Waals surface area (Å²) in [6, 6.07) is 4.27. The highest BCUT2D eigenvalue weighted by Crippen LogP contribution is 2.26. The smallest absolute Gasteiger partial charge is 0.407 e. The molecule has 6 nitrogen and oxygen atoms in total. The molecule has 0 saturated carbocycles. The Balaban J connectivity index is 2.05. The average molecular weight is 389 g/mol. The van der Waals surface area contributed by atoms with E-state index in [-0.39, 0.29) is 6.54 Å². The molecule has 23 heavy (non-hydrogen) atoms. The van der Waals surface area contributed by atoms with Crippen LogP contribution in [-0.2, 0) is 9.47 Å². The molecule has 1 aliphatic rings. The number of ether oxygens (including phenoxy) is 2. The third kappa shape index (κ3) is 3.93. The van der Waals surface area contributed by atoms with Crippen molar-refractivity contribution in [2.75, 3.05) is 18.5 Å². The van der Waals surface area contributed by atoms with Gasteiger partial charge in [0.2, 0.25) is 0 Å². The Bertz CT molecular complexity index is 632. The zero-order chi connectivity index (χ0) is 17.4.